The van der Waals surface area contributed by atoms with Crippen LogP contribution in [0.3, 0.4) is 0 Å². The molecule has 0 bridgehead atoms. The molecule has 6 heteroatoms. The highest BCUT2D eigenvalue weighted by Crippen LogP contribution is 2.16. The number of hydrogen-bond donors (Lipinski definition) is 1. The SMILES string of the molecule is COc1ccccc1CNC(=O)COC(=O)/C=C/c1ccc2ccccc2n1. The predicted molar refractivity (Wildman–Crippen MR) is 107 cm³/mol. The van der Waals surface area contributed by atoms with Crippen molar-refractivity contribution in [2.75, 3.05) is 13.7 Å². The number of nitrogens with zero attached hydrogens (tertiary/aromatic N) is 1. The normalized spacial score (nSPS) is 10.8. The Kier molecular flexibility index (Phi) is 6.36. The van der Waals surface area contributed by atoms with Crippen molar-refractivity contribution in [1.29, 1.82) is 0 Å². The highest BCUT2D eigenvalue weighted by molar-refractivity contribution is 5.89. The molecule has 0 unspecified atom stereocenters. The van der Waals surface area contributed by atoms with Gasteiger partial charge in [0.25, 0.3) is 5.91 Å². The Bertz CT molecular complexity index is 1010. The van der Waals surface area contributed by atoms with Crippen LogP contribution in [-0.2, 0) is 20.9 Å². The van der Waals surface area contributed by atoms with Gasteiger partial charge < -0.3 is 14.8 Å². The molecular formula is C22H20N2O4. The molecule has 0 aliphatic carbocycles. The molecule has 1 aromatic heterocycles. The number of methoxy groups -OCH3 is 1. The van der Waals surface area contributed by atoms with E-state index in [1.165, 1.54) is 6.08 Å². The first kappa shape index (κ1) is 19.1. The van der Waals surface area contributed by atoms with Crippen LogP contribution in [0.5, 0.6) is 5.75 Å². The molecule has 0 atom stereocenters. The molecule has 2 aromatic carbocycles. The van der Waals surface area contributed by atoms with Gasteiger partial charge in [-0.3, -0.25) is 4.79 Å². The number of carbonyl (C=O) groups is 2. The van der Waals surface area contributed by atoms with Crippen molar-refractivity contribution in [2.24, 2.45) is 0 Å². The number of amides is 1. The Hall–Kier alpha value is -3.67. The molecule has 1 amide bonds. The first-order valence-electron chi connectivity index (χ1n) is 8.75. The number of aromatic nitrogens is 1. The first-order valence-corrected chi connectivity index (χ1v) is 8.75. The van der Waals surface area contributed by atoms with Crippen molar-refractivity contribution in [3.8, 4) is 5.75 Å². The van der Waals surface area contributed by atoms with Crippen LogP contribution in [0.25, 0.3) is 17.0 Å². The van der Waals surface area contributed by atoms with Gasteiger partial charge >= 0.3 is 5.97 Å². The third kappa shape index (κ3) is 5.17. The molecule has 3 aromatic rings. The number of nitrogens with one attached hydrogen (secondary N) is 1. The highest BCUT2D eigenvalue weighted by atomic mass is 16.5. The minimum Gasteiger partial charge on any atom is -0.496 e. The lowest BCUT2D eigenvalue weighted by atomic mass is 10.2. The summed E-state index contributed by atoms with van der Waals surface area (Å²) >= 11 is 0. The fourth-order valence-electron chi connectivity index (χ4n) is 2.61. The quantitative estimate of drug-likeness (QED) is 0.506. The van der Waals surface area contributed by atoms with Crippen molar-refractivity contribution in [2.45, 2.75) is 6.54 Å². The Balaban J connectivity index is 1.47. The minimum atomic E-state index is -0.609. The van der Waals surface area contributed by atoms with Gasteiger partial charge in [-0.05, 0) is 24.3 Å². The second-order valence-electron chi connectivity index (χ2n) is 5.96. The van der Waals surface area contributed by atoms with Gasteiger partial charge in [0, 0.05) is 23.6 Å². The van der Waals surface area contributed by atoms with Crippen LogP contribution in [0.4, 0.5) is 0 Å². The van der Waals surface area contributed by atoms with Crippen LogP contribution >= 0.6 is 0 Å². The Labute approximate surface area is 162 Å². The molecule has 0 saturated carbocycles. The molecule has 28 heavy (non-hydrogen) atoms. The van der Waals surface area contributed by atoms with E-state index in [9.17, 15) is 9.59 Å². The number of benzene rings is 2. The van der Waals surface area contributed by atoms with Crippen molar-refractivity contribution in [1.82, 2.24) is 10.3 Å². The van der Waals surface area contributed by atoms with Gasteiger partial charge in [-0.25, -0.2) is 9.78 Å². The lowest BCUT2D eigenvalue weighted by Crippen LogP contribution is -2.28. The van der Waals surface area contributed by atoms with Crippen molar-refractivity contribution in [3.05, 3.63) is 78.0 Å². The maximum absolute atomic E-state index is 11.9. The molecule has 142 valence electrons. The Morgan fingerprint density at radius 1 is 1.04 bits per heavy atom. The molecule has 6 nitrogen and oxygen atoms in total. The van der Waals surface area contributed by atoms with E-state index in [2.05, 4.69) is 10.3 Å². The Morgan fingerprint density at radius 2 is 1.82 bits per heavy atom. The van der Waals surface area contributed by atoms with Crippen LogP contribution in [-0.4, -0.2) is 30.6 Å². The third-order valence-electron chi connectivity index (χ3n) is 4.02. The molecule has 3 rings (SSSR count). The van der Waals surface area contributed by atoms with Gasteiger partial charge in [0.15, 0.2) is 6.61 Å². The van der Waals surface area contributed by atoms with Gasteiger partial charge in [-0.1, -0.05) is 42.5 Å². The molecule has 0 aliphatic heterocycles. The van der Waals surface area contributed by atoms with E-state index in [0.29, 0.717) is 11.4 Å². The molecular weight excluding hydrogens is 356 g/mol. The smallest absolute Gasteiger partial charge is 0.331 e. The number of pyridine rings is 1. The van der Waals surface area contributed by atoms with Gasteiger partial charge in [-0.15, -0.1) is 0 Å². The van der Waals surface area contributed by atoms with Gasteiger partial charge in [0.05, 0.1) is 18.3 Å². The number of hydrogen-bond acceptors (Lipinski definition) is 5. The van der Waals surface area contributed by atoms with Crippen LogP contribution < -0.4 is 10.1 Å². The van der Waals surface area contributed by atoms with Gasteiger partial charge in [0.1, 0.15) is 5.75 Å². The number of carbonyl (C=O) groups excluding carboxylic acids is 2. The van der Waals surface area contributed by atoms with E-state index in [1.54, 1.807) is 13.2 Å². The largest absolute Gasteiger partial charge is 0.496 e. The molecule has 0 spiro atoms. The summed E-state index contributed by atoms with van der Waals surface area (Å²) in [6.07, 6.45) is 2.81. The summed E-state index contributed by atoms with van der Waals surface area (Å²) in [6.45, 7) is -0.0687. The second kappa shape index (κ2) is 9.32. The molecule has 1 heterocycles. The standard InChI is InChI=1S/C22H20N2O4/c1-27-20-9-5-3-7-17(20)14-23-21(25)15-28-22(26)13-12-18-11-10-16-6-2-4-8-19(16)24-18/h2-13H,14-15H2,1H3,(H,23,25)/b13-12+. The lowest BCUT2D eigenvalue weighted by Gasteiger charge is -2.09. The van der Waals surface area contributed by atoms with Crippen LogP contribution in [0.15, 0.2) is 66.7 Å². The summed E-state index contributed by atoms with van der Waals surface area (Å²) in [6, 6.07) is 18.8. The van der Waals surface area contributed by atoms with Crippen molar-refractivity contribution in [3.63, 3.8) is 0 Å². The van der Waals surface area contributed by atoms with E-state index in [4.69, 9.17) is 9.47 Å². The number of fused-ring (bicyclic) bond motifs is 1. The predicted octanol–water partition coefficient (Wildman–Crippen LogP) is 3.12. The monoisotopic (exact) mass is 376 g/mol. The lowest BCUT2D eigenvalue weighted by molar-refractivity contribution is -0.143. The molecule has 0 aliphatic rings. The van der Waals surface area contributed by atoms with Crippen LogP contribution in [0.2, 0.25) is 0 Å². The topological polar surface area (TPSA) is 77.5 Å². The maximum Gasteiger partial charge on any atom is 0.331 e. The van der Waals surface area contributed by atoms with E-state index in [-0.39, 0.29) is 13.2 Å². The van der Waals surface area contributed by atoms with E-state index in [1.807, 2.05) is 60.7 Å². The van der Waals surface area contributed by atoms with E-state index >= 15 is 0 Å². The van der Waals surface area contributed by atoms with E-state index < -0.39 is 11.9 Å². The minimum absolute atomic E-state index is 0.289. The van der Waals surface area contributed by atoms with Crippen molar-refractivity contribution < 1.29 is 19.1 Å². The zero-order chi connectivity index (χ0) is 19.8. The summed E-state index contributed by atoms with van der Waals surface area (Å²) in [5, 5.41) is 3.71. The molecule has 0 fully saturated rings. The molecule has 0 saturated heterocycles. The Morgan fingerprint density at radius 3 is 2.68 bits per heavy atom. The van der Waals surface area contributed by atoms with Crippen LogP contribution in [0, 0.1) is 0 Å². The number of rotatable bonds is 7. The van der Waals surface area contributed by atoms with Gasteiger partial charge in [-0.2, -0.15) is 0 Å². The number of ether oxygens (including phenoxy) is 2. The summed E-state index contributed by atoms with van der Waals surface area (Å²) in [5.74, 6) is -0.315. The van der Waals surface area contributed by atoms with Crippen LogP contribution in [0.1, 0.15) is 11.3 Å². The fourth-order valence-corrected chi connectivity index (χ4v) is 2.61. The first-order chi connectivity index (χ1) is 13.7. The number of para-hydroxylation sites is 2. The molecule has 1 N–H and O–H groups in total. The average Bonchev–Trinajstić information content (AvgIpc) is 2.74. The summed E-state index contributed by atoms with van der Waals surface area (Å²) < 4.78 is 10.2. The third-order valence-corrected chi connectivity index (χ3v) is 4.02. The zero-order valence-electron chi connectivity index (χ0n) is 15.4. The zero-order valence-corrected chi connectivity index (χ0v) is 15.4. The maximum atomic E-state index is 11.9. The summed E-state index contributed by atoms with van der Waals surface area (Å²) in [4.78, 5) is 28.1. The second-order valence-corrected chi connectivity index (χ2v) is 5.96. The molecule has 0 radical (unpaired) electrons. The summed E-state index contributed by atoms with van der Waals surface area (Å²) in [5.41, 5.74) is 2.32. The highest BCUT2D eigenvalue weighted by Gasteiger charge is 2.07. The average molecular weight is 376 g/mol. The summed E-state index contributed by atoms with van der Waals surface area (Å²) in [7, 11) is 1.57. The number of esters is 1. The van der Waals surface area contributed by atoms with Gasteiger partial charge in [0.2, 0.25) is 0 Å². The van der Waals surface area contributed by atoms with Crippen molar-refractivity contribution >= 4 is 28.9 Å². The fraction of sp³-hybridized carbons (Fsp3) is 0.136. The van der Waals surface area contributed by atoms with E-state index in [0.717, 1.165) is 16.5 Å².